The van der Waals surface area contributed by atoms with Gasteiger partial charge in [0.2, 0.25) is 0 Å². The Kier molecular flexibility index (Phi) is 5.55. The van der Waals surface area contributed by atoms with Gasteiger partial charge in [0, 0.05) is 11.3 Å². The number of carbonyl (C=O) groups excluding carboxylic acids is 1. The van der Waals surface area contributed by atoms with Crippen LogP contribution in [0.2, 0.25) is 0 Å². The highest BCUT2D eigenvalue weighted by Crippen LogP contribution is 2.43. The summed E-state index contributed by atoms with van der Waals surface area (Å²) in [5.41, 5.74) is 1.72. The zero-order valence-electron chi connectivity index (χ0n) is 15.6. The fraction of sp³-hybridized carbons (Fsp3) is 0.316. The van der Waals surface area contributed by atoms with E-state index in [4.69, 9.17) is 9.47 Å². The summed E-state index contributed by atoms with van der Waals surface area (Å²) in [5.74, 6) is 0.640. The number of carbonyl (C=O) groups is 1. The predicted octanol–water partition coefficient (Wildman–Crippen LogP) is 2.89. The molecule has 3 rings (SSSR count). The lowest BCUT2D eigenvalue weighted by Crippen LogP contribution is -2.31. The zero-order valence-corrected chi connectivity index (χ0v) is 16.4. The van der Waals surface area contributed by atoms with Crippen molar-refractivity contribution in [3.05, 3.63) is 57.0 Å². The SMILES string of the molecule is CCSc1nc2c(c(=O)[nH]1)C(c1ccccc1OC)C(C(=O)OC)=C(C)N2. The van der Waals surface area contributed by atoms with Crippen LogP contribution in [0.4, 0.5) is 5.82 Å². The molecule has 2 heterocycles. The van der Waals surface area contributed by atoms with Crippen molar-refractivity contribution >= 4 is 23.5 Å². The van der Waals surface area contributed by atoms with Crippen molar-refractivity contribution in [2.45, 2.75) is 24.9 Å². The third-order valence-corrected chi connectivity index (χ3v) is 5.11. The van der Waals surface area contributed by atoms with Crippen molar-refractivity contribution in [2.75, 3.05) is 25.3 Å². The molecule has 1 aromatic heterocycles. The number of allylic oxidation sites excluding steroid dienone is 1. The first-order valence-corrected chi connectivity index (χ1v) is 9.46. The highest BCUT2D eigenvalue weighted by Gasteiger charge is 2.37. The van der Waals surface area contributed by atoms with Crippen LogP contribution in [-0.2, 0) is 9.53 Å². The largest absolute Gasteiger partial charge is 0.496 e. The number of methoxy groups -OCH3 is 2. The van der Waals surface area contributed by atoms with E-state index in [0.29, 0.717) is 39.1 Å². The standard InChI is InChI=1S/C19H21N3O4S/c1-5-27-19-21-16-15(17(23)22-19)14(11-8-6-7-9-12(11)25-3)13(10(2)20-16)18(24)26-4/h6-9,14H,5H2,1-4H3,(H2,20,21,22,23). The van der Waals surface area contributed by atoms with Gasteiger partial charge in [-0.05, 0) is 18.7 Å². The molecule has 7 nitrogen and oxygen atoms in total. The number of ether oxygens (including phenoxy) is 2. The topological polar surface area (TPSA) is 93.3 Å². The molecule has 1 aliphatic rings. The average molecular weight is 387 g/mol. The van der Waals surface area contributed by atoms with Crippen LogP contribution in [0.15, 0.2) is 45.5 Å². The Bertz CT molecular complexity index is 968. The molecule has 0 spiro atoms. The Morgan fingerprint density at radius 2 is 2.04 bits per heavy atom. The van der Waals surface area contributed by atoms with E-state index in [0.717, 1.165) is 5.75 Å². The Morgan fingerprint density at radius 1 is 1.30 bits per heavy atom. The Labute approximate surface area is 161 Å². The second-order valence-electron chi connectivity index (χ2n) is 5.90. The predicted molar refractivity (Wildman–Crippen MR) is 104 cm³/mol. The number of anilines is 1. The van der Waals surface area contributed by atoms with Gasteiger partial charge < -0.3 is 19.8 Å². The number of benzene rings is 1. The molecule has 1 aliphatic heterocycles. The highest BCUT2D eigenvalue weighted by molar-refractivity contribution is 7.99. The van der Waals surface area contributed by atoms with Crippen LogP contribution < -0.4 is 15.6 Å². The highest BCUT2D eigenvalue weighted by atomic mass is 32.2. The first kappa shape index (κ1) is 19.0. The molecule has 142 valence electrons. The Morgan fingerprint density at radius 3 is 2.70 bits per heavy atom. The number of para-hydroxylation sites is 1. The van der Waals surface area contributed by atoms with Gasteiger partial charge >= 0.3 is 5.97 Å². The minimum Gasteiger partial charge on any atom is -0.496 e. The fourth-order valence-corrected chi connectivity index (χ4v) is 3.83. The number of H-pyrrole nitrogens is 1. The molecule has 27 heavy (non-hydrogen) atoms. The smallest absolute Gasteiger partial charge is 0.336 e. The maximum atomic E-state index is 12.9. The van der Waals surface area contributed by atoms with Crippen LogP contribution in [-0.4, -0.2) is 35.9 Å². The fourth-order valence-electron chi connectivity index (χ4n) is 3.23. The second kappa shape index (κ2) is 7.87. The first-order valence-electron chi connectivity index (χ1n) is 8.47. The maximum absolute atomic E-state index is 12.9. The summed E-state index contributed by atoms with van der Waals surface area (Å²) in [4.78, 5) is 32.8. The molecule has 2 N–H and O–H groups in total. The lowest BCUT2D eigenvalue weighted by molar-refractivity contribution is -0.136. The summed E-state index contributed by atoms with van der Waals surface area (Å²) in [6, 6.07) is 7.31. The number of esters is 1. The molecule has 1 unspecified atom stereocenters. The quantitative estimate of drug-likeness (QED) is 0.463. The molecule has 0 bridgehead atoms. The summed E-state index contributed by atoms with van der Waals surface area (Å²) < 4.78 is 10.5. The minimum atomic E-state index is -0.651. The van der Waals surface area contributed by atoms with Crippen LogP contribution in [0.25, 0.3) is 0 Å². The second-order valence-corrected chi connectivity index (χ2v) is 7.15. The van der Waals surface area contributed by atoms with E-state index >= 15 is 0 Å². The van der Waals surface area contributed by atoms with Gasteiger partial charge in [0.1, 0.15) is 11.6 Å². The third kappa shape index (κ3) is 3.44. The lowest BCUT2D eigenvalue weighted by atomic mass is 9.82. The number of fused-ring (bicyclic) bond motifs is 1. The van der Waals surface area contributed by atoms with Gasteiger partial charge in [-0.15, -0.1) is 0 Å². The van der Waals surface area contributed by atoms with Crippen molar-refractivity contribution in [1.29, 1.82) is 0 Å². The van der Waals surface area contributed by atoms with Gasteiger partial charge in [0.05, 0.1) is 31.3 Å². The average Bonchev–Trinajstić information content (AvgIpc) is 2.66. The van der Waals surface area contributed by atoms with Crippen LogP contribution in [0.1, 0.15) is 30.9 Å². The van der Waals surface area contributed by atoms with Crippen LogP contribution >= 0.6 is 11.8 Å². The van der Waals surface area contributed by atoms with Gasteiger partial charge in [-0.1, -0.05) is 36.9 Å². The monoisotopic (exact) mass is 387 g/mol. The van der Waals surface area contributed by atoms with Crippen LogP contribution in [0.5, 0.6) is 5.75 Å². The van der Waals surface area contributed by atoms with E-state index in [9.17, 15) is 9.59 Å². The van der Waals surface area contributed by atoms with Crippen molar-refractivity contribution in [3.8, 4) is 5.75 Å². The number of hydrogen-bond donors (Lipinski definition) is 2. The van der Waals surface area contributed by atoms with Crippen LogP contribution in [0, 0.1) is 0 Å². The summed E-state index contributed by atoms with van der Waals surface area (Å²) >= 11 is 1.44. The molecule has 0 amide bonds. The number of aromatic amines is 1. The van der Waals surface area contributed by atoms with E-state index in [-0.39, 0.29) is 5.56 Å². The van der Waals surface area contributed by atoms with Crippen molar-refractivity contribution < 1.29 is 14.3 Å². The molecule has 0 saturated heterocycles. The lowest BCUT2D eigenvalue weighted by Gasteiger charge is -2.29. The van der Waals surface area contributed by atoms with Crippen molar-refractivity contribution in [1.82, 2.24) is 9.97 Å². The number of thioether (sulfide) groups is 1. The van der Waals surface area contributed by atoms with E-state index in [1.165, 1.54) is 18.9 Å². The molecular weight excluding hydrogens is 366 g/mol. The molecule has 1 aromatic carbocycles. The van der Waals surface area contributed by atoms with Gasteiger partial charge in [-0.25, -0.2) is 9.78 Å². The van der Waals surface area contributed by atoms with Crippen molar-refractivity contribution in [3.63, 3.8) is 0 Å². The normalized spacial score (nSPS) is 15.8. The first-order chi connectivity index (χ1) is 13.0. The summed E-state index contributed by atoms with van der Waals surface area (Å²) in [6.07, 6.45) is 0. The summed E-state index contributed by atoms with van der Waals surface area (Å²) in [5, 5.41) is 3.63. The molecule has 1 atom stereocenters. The molecule has 0 fully saturated rings. The van der Waals surface area contributed by atoms with Crippen LogP contribution in [0.3, 0.4) is 0 Å². The van der Waals surface area contributed by atoms with Gasteiger partial charge in [-0.2, -0.15) is 0 Å². The molecule has 0 saturated carbocycles. The molecule has 2 aromatic rings. The number of nitrogens with one attached hydrogen (secondary N) is 2. The minimum absolute atomic E-state index is 0.298. The van der Waals surface area contributed by atoms with E-state index < -0.39 is 11.9 Å². The summed E-state index contributed by atoms with van der Waals surface area (Å²) in [6.45, 7) is 3.75. The third-order valence-electron chi connectivity index (χ3n) is 4.36. The Balaban J connectivity index is 2.30. The zero-order chi connectivity index (χ0) is 19.6. The van der Waals surface area contributed by atoms with Gasteiger partial charge in [0.25, 0.3) is 5.56 Å². The molecule has 0 radical (unpaired) electrons. The van der Waals surface area contributed by atoms with Crippen molar-refractivity contribution in [2.24, 2.45) is 0 Å². The Hall–Kier alpha value is -2.74. The molecular formula is C19H21N3O4S. The number of hydrogen-bond acceptors (Lipinski definition) is 7. The molecule has 0 aliphatic carbocycles. The molecule has 8 heteroatoms. The van der Waals surface area contributed by atoms with E-state index in [2.05, 4.69) is 15.3 Å². The van der Waals surface area contributed by atoms with Gasteiger partial charge in [0.15, 0.2) is 5.16 Å². The van der Waals surface area contributed by atoms with E-state index in [1.807, 2.05) is 25.1 Å². The number of nitrogens with zero attached hydrogens (tertiary/aromatic N) is 1. The van der Waals surface area contributed by atoms with Gasteiger partial charge in [-0.3, -0.25) is 4.79 Å². The summed E-state index contributed by atoms with van der Waals surface area (Å²) in [7, 11) is 2.87. The number of rotatable bonds is 5. The number of aromatic nitrogens is 2. The van der Waals surface area contributed by atoms with E-state index in [1.54, 1.807) is 20.1 Å². The maximum Gasteiger partial charge on any atom is 0.336 e.